The van der Waals surface area contributed by atoms with E-state index in [4.69, 9.17) is 20.9 Å². The van der Waals surface area contributed by atoms with Gasteiger partial charge in [0.25, 0.3) is 5.89 Å². The van der Waals surface area contributed by atoms with Crippen molar-refractivity contribution in [2.45, 2.75) is 30.3 Å². The molecular formula is C19H20ClN3O4S2. The van der Waals surface area contributed by atoms with E-state index >= 15 is 0 Å². The number of nitrogens with zero attached hydrogens (tertiary/aromatic N) is 3. The molecule has 0 radical (unpaired) electrons. The predicted molar refractivity (Wildman–Crippen MR) is 111 cm³/mol. The first kappa shape index (κ1) is 20.5. The van der Waals surface area contributed by atoms with Crippen LogP contribution in [-0.4, -0.2) is 43.1 Å². The number of methoxy groups -OCH3 is 1. The molecule has 2 aromatic heterocycles. The zero-order valence-corrected chi connectivity index (χ0v) is 18.1. The zero-order chi connectivity index (χ0) is 20.4. The van der Waals surface area contributed by atoms with Gasteiger partial charge in [0, 0.05) is 30.8 Å². The highest BCUT2D eigenvalue weighted by Gasteiger charge is 2.29. The normalized spacial score (nSPS) is 16.8. The Labute approximate surface area is 178 Å². The lowest BCUT2D eigenvalue weighted by Gasteiger charge is -2.26. The van der Waals surface area contributed by atoms with Crippen LogP contribution in [0.15, 0.2) is 45.1 Å². The zero-order valence-electron chi connectivity index (χ0n) is 15.7. The third-order valence-corrected chi connectivity index (χ3v) is 7.94. The Hall–Kier alpha value is -1.78. The minimum Gasteiger partial charge on any atom is -0.368 e. The standard InChI is InChI=1S/C19H20ClN3O4S2/c1-26-17(18-21-19(27-22-18)16-6-5-11-28-16)14-12-13(7-8-15(14)20)29(24,25)23-9-3-2-4-10-23/h5-8,11-12,17H,2-4,9-10H2,1H3. The van der Waals surface area contributed by atoms with Gasteiger partial charge < -0.3 is 9.26 Å². The second-order valence-electron chi connectivity index (χ2n) is 6.70. The van der Waals surface area contributed by atoms with E-state index in [9.17, 15) is 8.42 Å². The van der Waals surface area contributed by atoms with E-state index < -0.39 is 16.1 Å². The molecule has 1 unspecified atom stereocenters. The summed E-state index contributed by atoms with van der Waals surface area (Å²) in [6, 6.07) is 8.41. The van der Waals surface area contributed by atoms with Crippen molar-refractivity contribution in [3.63, 3.8) is 0 Å². The summed E-state index contributed by atoms with van der Waals surface area (Å²) in [6.45, 7) is 1.06. The van der Waals surface area contributed by atoms with Gasteiger partial charge in [-0.3, -0.25) is 0 Å². The molecule has 0 bridgehead atoms. The summed E-state index contributed by atoms with van der Waals surface area (Å²) in [5.41, 5.74) is 0.478. The molecule has 1 aliphatic heterocycles. The summed E-state index contributed by atoms with van der Waals surface area (Å²) in [7, 11) is -2.10. The molecule has 7 nitrogen and oxygen atoms in total. The smallest absolute Gasteiger partial charge is 0.268 e. The Morgan fingerprint density at radius 3 is 2.72 bits per heavy atom. The van der Waals surface area contributed by atoms with Crippen LogP contribution >= 0.6 is 22.9 Å². The van der Waals surface area contributed by atoms with E-state index in [1.807, 2.05) is 17.5 Å². The third-order valence-electron chi connectivity index (χ3n) is 4.85. The number of hydrogen-bond acceptors (Lipinski definition) is 7. The maximum Gasteiger partial charge on any atom is 0.268 e. The monoisotopic (exact) mass is 453 g/mol. The number of piperidine rings is 1. The largest absolute Gasteiger partial charge is 0.368 e. The molecule has 0 spiro atoms. The van der Waals surface area contributed by atoms with Crippen molar-refractivity contribution in [3.05, 3.63) is 52.1 Å². The second-order valence-corrected chi connectivity index (χ2v) is 9.99. The summed E-state index contributed by atoms with van der Waals surface area (Å²) in [5.74, 6) is 0.663. The molecule has 0 aliphatic carbocycles. The van der Waals surface area contributed by atoms with Crippen LogP contribution in [0.2, 0.25) is 5.02 Å². The predicted octanol–water partition coefficient (Wildman–Crippen LogP) is 4.36. The van der Waals surface area contributed by atoms with Crippen molar-refractivity contribution in [1.82, 2.24) is 14.4 Å². The van der Waals surface area contributed by atoms with Gasteiger partial charge in [-0.15, -0.1) is 11.3 Å². The molecule has 1 saturated heterocycles. The molecule has 29 heavy (non-hydrogen) atoms. The molecule has 10 heteroatoms. The molecule has 1 atom stereocenters. The van der Waals surface area contributed by atoms with Crippen molar-refractivity contribution in [1.29, 1.82) is 0 Å². The second kappa shape index (κ2) is 8.53. The maximum atomic E-state index is 13.1. The van der Waals surface area contributed by atoms with E-state index in [2.05, 4.69) is 10.1 Å². The number of sulfonamides is 1. The van der Waals surface area contributed by atoms with Crippen molar-refractivity contribution in [2.75, 3.05) is 20.2 Å². The van der Waals surface area contributed by atoms with Crippen molar-refractivity contribution < 1.29 is 17.7 Å². The first-order chi connectivity index (χ1) is 14.0. The topological polar surface area (TPSA) is 85.5 Å². The van der Waals surface area contributed by atoms with Gasteiger partial charge in [0.1, 0.15) is 6.10 Å². The highest BCUT2D eigenvalue weighted by atomic mass is 35.5. The van der Waals surface area contributed by atoms with E-state index in [0.717, 1.165) is 24.1 Å². The molecule has 1 aromatic carbocycles. The molecule has 0 saturated carbocycles. The fourth-order valence-corrected chi connectivity index (χ4v) is 5.76. The molecule has 3 aromatic rings. The Kier molecular flexibility index (Phi) is 6.03. The lowest BCUT2D eigenvalue weighted by molar-refractivity contribution is 0.126. The number of aromatic nitrogens is 2. The molecule has 154 valence electrons. The molecular weight excluding hydrogens is 434 g/mol. The highest BCUT2D eigenvalue weighted by Crippen LogP contribution is 2.34. The van der Waals surface area contributed by atoms with Crippen molar-refractivity contribution in [2.24, 2.45) is 0 Å². The van der Waals surface area contributed by atoms with Crippen LogP contribution in [0.1, 0.15) is 36.8 Å². The van der Waals surface area contributed by atoms with Gasteiger partial charge in [-0.25, -0.2) is 8.42 Å². The first-order valence-corrected chi connectivity index (χ1v) is 11.9. The number of ether oxygens (including phenoxy) is 1. The number of halogens is 1. The average Bonchev–Trinajstić information content (AvgIpc) is 3.42. The molecule has 0 amide bonds. The molecule has 1 fully saturated rings. The fourth-order valence-electron chi connectivity index (χ4n) is 3.35. The maximum absolute atomic E-state index is 13.1. The van der Waals surface area contributed by atoms with Gasteiger partial charge in [0.05, 0.1) is 9.77 Å². The molecule has 3 heterocycles. The summed E-state index contributed by atoms with van der Waals surface area (Å²) < 4.78 is 38.5. The van der Waals surface area contributed by atoms with Crippen molar-refractivity contribution >= 4 is 33.0 Å². The van der Waals surface area contributed by atoms with Gasteiger partial charge >= 0.3 is 0 Å². The Morgan fingerprint density at radius 2 is 2.03 bits per heavy atom. The van der Waals surface area contributed by atoms with Crippen LogP contribution in [-0.2, 0) is 14.8 Å². The van der Waals surface area contributed by atoms with E-state index in [0.29, 0.717) is 29.6 Å². The quantitative estimate of drug-likeness (QED) is 0.551. The van der Waals surface area contributed by atoms with E-state index in [-0.39, 0.29) is 10.7 Å². The summed E-state index contributed by atoms with van der Waals surface area (Å²) in [4.78, 5) is 5.43. The number of hydrogen-bond donors (Lipinski definition) is 0. The lowest BCUT2D eigenvalue weighted by atomic mass is 10.1. The fraction of sp³-hybridized carbons (Fsp3) is 0.368. The number of rotatable bonds is 6. The van der Waals surface area contributed by atoms with Gasteiger partial charge in [-0.05, 0) is 42.5 Å². The van der Waals surface area contributed by atoms with Gasteiger partial charge in [0.15, 0.2) is 0 Å². The third kappa shape index (κ3) is 4.10. The van der Waals surface area contributed by atoms with Crippen LogP contribution in [0, 0.1) is 0 Å². The molecule has 1 aliphatic rings. The van der Waals surface area contributed by atoms with Crippen LogP contribution in [0.5, 0.6) is 0 Å². The van der Waals surface area contributed by atoms with Gasteiger partial charge in [0.2, 0.25) is 15.8 Å². The average molecular weight is 454 g/mol. The Bertz CT molecular complexity index is 1080. The van der Waals surface area contributed by atoms with Crippen LogP contribution in [0.4, 0.5) is 0 Å². The summed E-state index contributed by atoms with van der Waals surface area (Å²) in [6.07, 6.45) is 2.04. The number of thiophene rings is 1. The van der Waals surface area contributed by atoms with Gasteiger partial charge in [-0.2, -0.15) is 9.29 Å². The minimum absolute atomic E-state index is 0.183. The Balaban J connectivity index is 1.69. The highest BCUT2D eigenvalue weighted by molar-refractivity contribution is 7.89. The van der Waals surface area contributed by atoms with Crippen LogP contribution in [0.25, 0.3) is 10.8 Å². The van der Waals surface area contributed by atoms with Crippen molar-refractivity contribution in [3.8, 4) is 10.8 Å². The van der Waals surface area contributed by atoms with E-state index in [1.54, 1.807) is 12.1 Å². The summed E-state index contributed by atoms with van der Waals surface area (Å²) in [5, 5.41) is 6.31. The molecule has 4 rings (SSSR count). The Morgan fingerprint density at radius 1 is 1.24 bits per heavy atom. The summed E-state index contributed by atoms with van der Waals surface area (Å²) >= 11 is 7.87. The molecule has 0 N–H and O–H groups in total. The minimum atomic E-state index is -3.60. The van der Waals surface area contributed by atoms with Gasteiger partial charge in [-0.1, -0.05) is 29.2 Å². The first-order valence-electron chi connectivity index (χ1n) is 9.20. The number of benzene rings is 1. The van der Waals surface area contributed by atoms with E-state index in [1.165, 1.54) is 28.8 Å². The van der Waals surface area contributed by atoms with Crippen LogP contribution in [0.3, 0.4) is 0 Å². The SMILES string of the molecule is COC(c1noc(-c2cccs2)n1)c1cc(S(=O)(=O)N2CCCCC2)ccc1Cl. The lowest BCUT2D eigenvalue weighted by Crippen LogP contribution is -2.35. The van der Waals surface area contributed by atoms with Crippen LogP contribution < -0.4 is 0 Å².